The van der Waals surface area contributed by atoms with Crippen molar-refractivity contribution in [2.45, 2.75) is 40.0 Å². The van der Waals surface area contributed by atoms with Gasteiger partial charge in [-0.05, 0) is 43.0 Å². The maximum atomic E-state index is 5.23. The van der Waals surface area contributed by atoms with Crippen LogP contribution in [0.15, 0.2) is 24.3 Å². The molecule has 1 heterocycles. The van der Waals surface area contributed by atoms with Crippen LogP contribution in [0.1, 0.15) is 41.6 Å². The van der Waals surface area contributed by atoms with Crippen molar-refractivity contribution in [3.05, 3.63) is 57.1 Å². The van der Waals surface area contributed by atoms with Crippen molar-refractivity contribution in [2.75, 3.05) is 0 Å². The number of aromatic amines is 1. The molecule has 0 radical (unpaired) electrons. The normalized spacial score (nSPS) is 10.7. The lowest BCUT2D eigenvalue weighted by Crippen LogP contribution is -2.01. The van der Waals surface area contributed by atoms with Gasteiger partial charge in [0.2, 0.25) is 0 Å². The van der Waals surface area contributed by atoms with Crippen LogP contribution >= 0.6 is 12.2 Å². The van der Waals surface area contributed by atoms with Crippen LogP contribution in [0.4, 0.5) is 0 Å². The van der Waals surface area contributed by atoms with Crippen LogP contribution in [0.5, 0.6) is 0 Å². The van der Waals surface area contributed by atoms with Gasteiger partial charge in [-0.2, -0.15) is 0 Å². The summed E-state index contributed by atoms with van der Waals surface area (Å²) in [6, 6.07) is 8.51. The van der Waals surface area contributed by atoms with E-state index in [4.69, 9.17) is 12.2 Å². The summed E-state index contributed by atoms with van der Waals surface area (Å²) >= 11 is 5.23. The number of nitrogens with one attached hydrogen (secondary N) is 1. The number of aryl methyl sites for hydroxylation is 3. The Morgan fingerprint density at radius 3 is 2.63 bits per heavy atom. The molecule has 0 aliphatic rings. The van der Waals surface area contributed by atoms with Crippen LogP contribution in [0.2, 0.25) is 0 Å². The van der Waals surface area contributed by atoms with E-state index in [1.165, 1.54) is 22.4 Å². The molecule has 2 nitrogen and oxygen atoms in total. The average molecular weight is 272 g/mol. The minimum atomic E-state index is 0.682. The Hall–Kier alpha value is -1.48. The molecule has 0 amide bonds. The van der Waals surface area contributed by atoms with E-state index in [0.29, 0.717) is 4.64 Å². The van der Waals surface area contributed by atoms with Gasteiger partial charge in [0.25, 0.3) is 0 Å². The van der Waals surface area contributed by atoms with Gasteiger partial charge in [0, 0.05) is 12.1 Å². The molecule has 0 fully saturated rings. The third-order valence-corrected chi connectivity index (χ3v) is 3.52. The van der Waals surface area contributed by atoms with Gasteiger partial charge >= 0.3 is 0 Å². The number of aromatic nitrogens is 2. The summed E-state index contributed by atoms with van der Waals surface area (Å²) in [6.45, 7) is 6.44. The zero-order valence-corrected chi connectivity index (χ0v) is 12.6. The van der Waals surface area contributed by atoms with Gasteiger partial charge in [-0.3, -0.25) is 0 Å². The maximum absolute atomic E-state index is 5.23. The molecule has 0 bridgehead atoms. The Morgan fingerprint density at radius 2 is 1.95 bits per heavy atom. The summed E-state index contributed by atoms with van der Waals surface area (Å²) < 4.78 is 0.682. The number of hydrogen-bond donors (Lipinski definition) is 1. The van der Waals surface area contributed by atoms with Gasteiger partial charge in [-0.1, -0.05) is 43.8 Å². The van der Waals surface area contributed by atoms with E-state index in [9.17, 15) is 0 Å². The lowest BCUT2D eigenvalue weighted by molar-refractivity contribution is 0.838. The van der Waals surface area contributed by atoms with Crippen molar-refractivity contribution in [3.63, 3.8) is 0 Å². The number of benzene rings is 1. The summed E-state index contributed by atoms with van der Waals surface area (Å²) in [6.07, 6.45) is 2.94. The molecular weight excluding hydrogens is 252 g/mol. The fraction of sp³-hybridized carbons (Fsp3) is 0.375. The Morgan fingerprint density at radius 1 is 1.16 bits per heavy atom. The van der Waals surface area contributed by atoms with Gasteiger partial charge in [0.1, 0.15) is 10.5 Å². The summed E-state index contributed by atoms with van der Waals surface area (Å²) in [5, 5.41) is 0. The van der Waals surface area contributed by atoms with Gasteiger partial charge in [0.05, 0.1) is 0 Å². The van der Waals surface area contributed by atoms with E-state index in [1.54, 1.807) is 0 Å². The van der Waals surface area contributed by atoms with E-state index >= 15 is 0 Å². The van der Waals surface area contributed by atoms with Gasteiger partial charge in [0.15, 0.2) is 0 Å². The second-order valence-corrected chi connectivity index (χ2v) is 5.45. The molecule has 0 atom stereocenters. The molecule has 19 heavy (non-hydrogen) atoms. The van der Waals surface area contributed by atoms with Crippen molar-refractivity contribution >= 4 is 12.2 Å². The first-order valence-corrected chi connectivity index (χ1v) is 7.14. The molecule has 0 spiro atoms. The van der Waals surface area contributed by atoms with Crippen molar-refractivity contribution in [1.29, 1.82) is 0 Å². The van der Waals surface area contributed by atoms with E-state index in [0.717, 1.165) is 25.1 Å². The van der Waals surface area contributed by atoms with Crippen LogP contribution in [0.3, 0.4) is 0 Å². The SMILES string of the molecule is CCCc1cc(=S)nc(Cc2ccc(C)c(C)c2)[nH]1. The van der Waals surface area contributed by atoms with E-state index in [-0.39, 0.29) is 0 Å². The van der Waals surface area contributed by atoms with Crippen molar-refractivity contribution in [2.24, 2.45) is 0 Å². The van der Waals surface area contributed by atoms with Crippen LogP contribution in [-0.4, -0.2) is 9.97 Å². The predicted molar refractivity (Wildman–Crippen MR) is 82.1 cm³/mol. The third kappa shape index (κ3) is 3.74. The zero-order valence-electron chi connectivity index (χ0n) is 11.8. The highest BCUT2D eigenvalue weighted by Gasteiger charge is 2.02. The maximum Gasteiger partial charge on any atom is 0.130 e. The molecule has 3 heteroatoms. The number of rotatable bonds is 4. The molecule has 0 aliphatic heterocycles. The Balaban J connectivity index is 2.27. The fourth-order valence-electron chi connectivity index (χ4n) is 2.16. The minimum Gasteiger partial charge on any atom is -0.347 e. The van der Waals surface area contributed by atoms with E-state index in [1.807, 2.05) is 6.07 Å². The van der Waals surface area contributed by atoms with Gasteiger partial charge < -0.3 is 4.98 Å². The highest BCUT2D eigenvalue weighted by molar-refractivity contribution is 7.71. The average Bonchev–Trinajstić information content (AvgIpc) is 2.33. The van der Waals surface area contributed by atoms with Crippen LogP contribution in [-0.2, 0) is 12.8 Å². The first kappa shape index (κ1) is 13.9. The molecular formula is C16H20N2S. The van der Waals surface area contributed by atoms with Crippen molar-refractivity contribution in [3.8, 4) is 0 Å². The summed E-state index contributed by atoms with van der Waals surface area (Å²) in [5.41, 5.74) is 5.10. The first-order chi connectivity index (χ1) is 9.08. The smallest absolute Gasteiger partial charge is 0.130 e. The van der Waals surface area contributed by atoms with E-state index < -0.39 is 0 Å². The third-order valence-electron chi connectivity index (χ3n) is 3.31. The highest BCUT2D eigenvalue weighted by atomic mass is 32.1. The lowest BCUT2D eigenvalue weighted by Gasteiger charge is -2.07. The number of nitrogens with zero attached hydrogens (tertiary/aromatic N) is 1. The summed E-state index contributed by atoms with van der Waals surface area (Å²) in [5.74, 6) is 0.958. The molecule has 100 valence electrons. The minimum absolute atomic E-state index is 0.682. The first-order valence-electron chi connectivity index (χ1n) is 6.73. The topological polar surface area (TPSA) is 28.7 Å². The highest BCUT2D eigenvalue weighted by Crippen LogP contribution is 2.13. The fourth-order valence-corrected chi connectivity index (χ4v) is 2.41. The van der Waals surface area contributed by atoms with Crippen molar-refractivity contribution in [1.82, 2.24) is 9.97 Å². The molecule has 1 aromatic carbocycles. The second kappa shape index (κ2) is 6.11. The predicted octanol–water partition coefficient (Wildman–Crippen LogP) is 4.30. The monoisotopic (exact) mass is 272 g/mol. The molecule has 2 rings (SSSR count). The van der Waals surface area contributed by atoms with Gasteiger partial charge in [-0.15, -0.1) is 0 Å². The lowest BCUT2D eigenvalue weighted by atomic mass is 10.0. The largest absolute Gasteiger partial charge is 0.347 e. The van der Waals surface area contributed by atoms with Crippen LogP contribution < -0.4 is 0 Å². The molecule has 0 saturated carbocycles. The summed E-state index contributed by atoms with van der Waals surface area (Å²) in [4.78, 5) is 7.81. The Kier molecular flexibility index (Phi) is 4.48. The number of H-pyrrole nitrogens is 1. The summed E-state index contributed by atoms with van der Waals surface area (Å²) in [7, 11) is 0. The van der Waals surface area contributed by atoms with E-state index in [2.05, 4.69) is 48.9 Å². The molecule has 0 aliphatic carbocycles. The molecule has 1 N–H and O–H groups in total. The molecule has 2 aromatic rings. The van der Waals surface area contributed by atoms with Crippen LogP contribution in [0, 0.1) is 18.5 Å². The Bertz CT molecular complexity index is 629. The van der Waals surface area contributed by atoms with Gasteiger partial charge in [-0.25, -0.2) is 4.98 Å². The molecule has 1 aromatic heterocycles. The second-order valence-electron chi connectivity index (χ2n) is 5.04. The molecule has 0 unspecified atom stereocenters. The van der Waals surface area contributed by atoms with Crippen molar-refractivity contribution < 1.29 is 0 Å². The number of hydrogen-bond acceptors (Lipinski definition) is 2. The van der Waals surface area contributed by atoms with Crippen LogP contribution in [0.25, 0.3) is 0 Å². The standard InChI is InChI=1S/C16H20N2S/c1-4-5-14-10-16(19)18-15(17-14)9-13-7-6-11(2)12(3)8-13/h6-8,10H,4-5,9H2,1-3H3,(H,17,18,19). The quantitative estimate of drug-likeness (QED) is 0.841. The molecule has 0 saturated heterocycles. The Labute approximate surface area is 119 Å². The zero-order chi connectivity index (χ0) is 13.8.